The van der Waals surface area contributed by atoms with E-state index in [4.69, 9.17) is 10.6 Å². The summed E-state index contributed by atoms with van der Waals surface area (Å²) in [5.41, 5.74) is 3.29. The summed E-state index contributed by atoms with van der Waals surface area (Å²) >= 11 is 0. The molecule has 0 spiro atoms. The average Bonchev–Trinajstić information content (AvgIpc) is 2.91. The molecule has 8 heteroatoms. The molecule has 1 aromatic carbocycles. The second kappa shape index (κ2) is 5.10. The van der Waals surface area contributed by atoms with Gasteiger partial charge < -0.3 is 4.74 Å². The predicted octanol–water partition coefficient (Wildman–Crippen LogP) is 0.895. The largest absolute Gasteiger partial charge is 0.464 e. The molecule has 0 atom stereocenters. The summed E-state index contributed by atoms with van der Waals surface area (Å²) in [7, 11) is 0. The molecular weight excluding hydrogens is 258 g/mol. The van der Waals surface area contributed by atoms with Gasteiger partial charge in [-0.1, -0.05) is 18.2 Å². The third kappa shape index (κ3) is 2.12. The molecule has 0 aliphatic heterocycles. The summed E-state index contributed by atoms with van der Waals surface area (Å²) in [6.45, 7) is 2.30. The maximum absolute atomic E-state index is 5.36. The van der Waals surface area contributed by atoms with Gasteiger partial charge in [0, 0.05) is 5.39 Å². The fraction of sp³-hybridized carbons (Fsp3) is 0.167. The summed E-state index contributed by atoms with van der Waals surface area (Å²) in [6, 6.07) is 7.96. The average molecular weight is 271 g/mol. The smallest absolute Gasteiger partial charge is 0.323 e. The van der Waals surface area contributed by atoms with E-state index in [0.717, 1.165) is 10.9 Å². The number of hydrazine groups is 1. The first-order valence-electron chi connectivity index (χ1n) is 6.10. The van der Waals surface area contributed by atoms with Gasteiger partial charge in [0.1, 0.15) is 0 Å². The lowest BCUT2D eigenvalue weighted by Crippen LogP contribution is -2.15. The highest BCUT2D eigenvalue weighted by Crippen LogP contribution is 2.17. The Morgan fingerprint density at radius 2 is 2.10 bits per heavy atom. The Morgan fingerprint density at radius 3 is 2.90 bits per heavy atom. The number of anilines is 1. The van der Waals surface area contributed by atoms with Crippen LogP contribution in [0.5, 0.6) is 6.01 Å². The molecule has 0 aliphatic rings. The number of para-hydroxylation sites is 1. The standard InChI is InChI=1S/C12H13N7O/c1-2-20-12-16-10(18-13)15-11(17-12)19-9-6-4-3-5-8(9)7-14-19/h3-7H,2,13H2,1H3,(H,15,16,17,18). The fourth-order valence-electron chi connectivity index (χ4n) is 1.83. The van der Waals surface area contributed by atoms with E-state index < -0.39 is 0 Å². The molecule has 102 valence electrons. The van der Waals surface area contributed by atoms with Gasteiger partial charge in [0.15, 0.2) is 0 Å². The van der Waals surface area contributed by atoms with Gasteiger partial charge in [-0.3, -0.25) is 5.43 Å². The number of rotatable bonds is 4. The van der Waals surface area contributed by atoms with Crippen molar-refractivity contribution in [1.29, 1.82) is 0 Å². The zero-order valence-electron chi connectivity index (χ0n) is 10.8. The van der Waals surface area contributed by atoms with Crippen molar-refractivity contribution in [3.05, 3.63) is 30.5 Å². The second-order valence-electron chi connectivity index (χ2n) is 3.93. The third-order valence-electron chi connectivity index (χ3n) is 2.67. The van der Waals surface area contributed by atoms with Crippen LogP contribution in [-0.2, 0) is 0 Å². The lowest BCUT2D eigenvalue weighted by atomic mass is 10.3. The van der Waals surface area contributed by atoms with Crippen molar-refractivity contribution >= 4 is 16.9 Å². The third-order valence-corrected chi connectivity index (χ3v) is 2.67. The molecule has 3 aromatic rings. The van der Waals surface area contributed by atoms with Crippen molar-refractivity contribution < 1.29 is 4.74 Å². The molecule has 2 heterocycles. The van der Waals surface area contributed by atoms with Crippen LogP contribution in [0.15, 0.2) is 30.5 Å². The quantitative estimate of drug-likeness (QED) is 0.536. The minimum atomic E-state index is 0.199. The van der Waals surface area contributed by atoms with Crippen LogP contribution in [0, 0.1) is 0 Å². The monoisotopic (exact) mass is 271 g/mol. The second-order valence-corrected chi connectivity index (χ2v) is 3.93. The van der Waals surface area contributed by atoms with E-state index >= 15 is 0 Å². The first-order valence-corrected chi connectivity index (χ1v) is 6.10. The Balaban J connectivity index is 2.15. The number of nitrogens with zero attached hydrogens (tertiary/aromatic N) is 5. The molecule has 0 bridgehead atoms. The molecule has 2 aromatic heterocycles. The van der Waals surface area contributed by atoms with Crippen LogP contribution in [0.2, 0.25) is 0 Å². The zero-order valence-corrected chi connectivity index (χ0v) is 10.8. The van der Waals surface area contributed by atoms with E-state index in [1.54, 1.807) is 10.9 Å². The highest BCUT2D eigenvalue weighted by molar-refractivity contribution is 5.79. The number of fused-ring (bicyclic) bond motifs is 1. The van der Waals surface area contributed by atoms with Crippen LogP contribution in [-0.4, -0.2) is 31.3 Å². The van der Waals surface area contributed by atoms with Crippen LogP contribution < -0.4 is 16.0 Å². The molecule has 0 saturated carbocycles. The summed E-state index contributed by atoms with van der Waals surface area (Å²) < 4.78 is 6.91. The van der Waals surface area contributed by atoms with Gasteiger partial charge in [0.2, 0.25) is 5.95 Å². The van der Waals surface area contributed by atoms with Gasteiger partial charge in [-0.15, -0.1) is 0 Å². The number of nitrogen functional groups attached to an aromatic ring is 1. The SMILES string of the molecule is CCOc1nc(NN)nc(-n2ncc3ccccc32)n1. The maximum Gasteiger partial charge on any atom is 0.323 e. The Hall–Kier alpha value is -2.74. The highest BCUT2D eigenvalue weighted by Gasteiger charge is 2.11. The number of nitrogens with one attached hydrogen (secondary N) is 1. The molecule has 0 saturated heterocycles. The molecule has 20 heavy (non-hydrogen) atoms. The Kier molecular flexibility index (Phi) is 3.13. The number of hydrogen-bond acceptors (Lipinski definition) is 7. The molecule has 3 N–H and O–H groups in total. The number of aromatic nitrogens is 5. The van der Waals surface area contributed by atoms with Crippen LogP contribution >= 0.6 is 0 Å². The van der Waals surface area contributed by atoms with Crippen molar-refractivity contribution in [3.63, 3.8) is 0 Å². The van der Waals surface area contributed by atoms with E-state index in [-0.39, 0.29) is 12.0 Å². The van der Waals surface area contributed by atoms with Gasteiger partial charge in [0.25, 0.3) is 5.95 Å². The number of benzene rings is 1. The number of ether oxygens (including phenoxy) is 1. The van der Waals surface area contributed by atoms with Gasteiger partial charge in [-0.2, -0.15) is 24.7 Å². The van der Waals surface area contributed by atoms with E-state index in [1.165, 1.54) is 0 Å². The van der Waals surface area contributed by atoms with E-state index in [1.807, 2.05) is 31.2 Å². The first kappa shape index (κ1) is 12.3. The van der Waals surface area contributed by atoms with Crippen LogP contribution in [0.3, 0.4) is 0 Å². The van der Waals surface area contributed by atoms with Crippen molar-refractivity contribution in [2.24, 2.45) is 5.84 Å². The van der Waals surface area contributed by atoms with Gasteiger partial charge in [-0.05, 0) is 13.0 Å². The van der Waals surface area contributed by atoms with Crippen molar-refractivity contribution in [3.8, 4) is 12.0 Å². The molecule has 0 radical (unpaired) electrons. The molecule has 3 rings (SSSR count). The Morgan fingerprint density at radius 1 is 1.25 bits per heavy atom. The van der Waals surface area contributed by atoms with Crippen LogP contribution in [0.25, 0.3) is 16.9 Å². The van der Waals surface area contributed by atoms with Crippen LogP contribution in [0.4, 0.5) is 5.95 Å². The molecule has 0 fully saturated rings. The predicted molar refractivity (Wildman–Crippen MR) is 73.4 cm³/mol. The van der Waals surface area contributed by atoms with Gasteiger partial charge in [0.05, 0.1) is 18.3 Å². The molecule has 0 amide bonds. The van der Waals surface area contributed by atoms with Gasteiger partial charge in [-0.25, -0.2) is 5.84 Å². The minimum absolute atomic E-state index is 0.199. The van der Waals surface area contributed by atoms with Crippen molar-refractivity contribution in [2.75, 3.05) is 12.0 Å². The highest BCUT2D eigenvalue weighted by atomic mass is 16.5. The van der Waals surface area contributed by atoms with Crippen molar-refractivity contribution in [1.82, 2.24) is 24.7 Å². The van der Waals surface area contributed by atoms with E-state index in [0.29, 0.717) is 12.6 Å². The van der Waals surface area contributed by atoms with Crippen molar-refractivity contribution in [2.45, 2.75) is 6.92 Å². The number of hydrogen-bond donors (Lipinski definition) is 2. The van der Waals surface area contributed by atoms with E-state index in [9.17, 15) is 0 Å². The summed E-state index contributed by atoms with van der Waals surface area (Å²) in [5, 5.41) is 5.28. The summed E-state index contributed by atoms with van der Waals surface area (Å²) in [5.74, 6) is 5.93. The lowest BCUT2D eigenvalue weighted by Gasteiger charge is -2.07. The van der Waals surface area contributed by atoms with E-state index in [2.05, 4.69) is 25.5 Å². The zero-order chi connectivity index (χ0) is 13.9. The summed E-state index contributed by atoms with van der Waals surface area (Å²) in [4.78, 5) is 12.4. The Labute approximate surface area is 114 Å². The lowest BCUT2D eigenvalue weighted by molar-refractivity contribution is 0.311. The first-order chi connectivity index (χ1) is 9.81. The molecular formula is C12H13N7O. The van der Waals surface area contributed by atoms with Gasteiger partial charge >= 0.3 is 6.01 Å². The summed E-state index contributed by atoms with van der Waals surface area (Å²) in [6.07, 6.45) is 1.75. The molecule has 0 aliphatic carbocycles. The normalized spacial score (nSPS) is 10.7. The molecule has 8 nitrogen and oxygen atoms in total. The fourth-order valence-corrected chi connectivity index (χ4v) is 1.83. The van der Waals surface area contributed by atoms with Crippen LogP contribution in [0.1, 0.15) is 6.92 Å². The number of nitrogens with two attached hydrogens (primary N) is 1. The maximum atomic E-state index is 5.36. The molecule has 0 unspecified atom stereocenters. The minimum Gasteiger partial charge on any atom is -0.464 e. The Bertz CT molecular complexity index is 740. The topological polar surface area (TPSA) is 104 Å².